The van der Waals surface area contributed by atoms with Crippen LogP contribution in [0, 0.1) is 11.6 Å². The molecule has 4 nitrogen and oxygen atoms in total. The highest BCUT2D eigenvalue weighted by Gasteiger charge is 2.09. The van der Waals surface area contributed by atoms with Crippen LogP contribution in [0.5, 0.6) is 0 Å². The van der Waals surface area contributed by atoms with Crippen LogP contribution >= 0.6 is 11.6 Å². The van der Waals surface area contributed by atoms with E-state index in [2.05, 4.69) is 15.6 Å². The lowest BCUT2D eigenvalue weighted by Crippen LogP contribution is -2.16. The van der Waals surface area contributed by atoms with Crippen LogP contribution in [0.1, 0.15) is 5.56 Å². The summed E-state index contributed by atoms with van der Waals surface area (Å²) in [5, 5.41) is 5.65. The van der Waals surface area contributed by atoms with Crippen molar-refractivity contribution in [3.63, 3.8) is 0 Å². The lowest BCUT2D eigenvalue weighted by Gasteiger charge is -2.09. The number of carbonyl (C=O) groups excluding carboxylic acids is 1. The van der Waals surface area contributed by atoms with Gasteiger partial charge in [-0.3, -0.25) is 4.79 Å². The second kappa shape index (κ2) is 7.93. The molecule has 2 N–H and O–H groups in total. The van der Waals surface area contributed by atoms with E-state index in [1.165, 1.54) is 24.4 Å². The van der Waals surface area contributed by atoms with Gasteiger partial charge in [0.05, 0.1) is 23.3 Å². The summed E-state index contributed by atoms with van der Waals surface area (Å²) in [6.45, 7) is 0. The highest BCUT2D eigenvalue weighted by atomic mass is 35.5. The molecule has 0 atom stereocenters. The molecule has 0 aliphatic heterocycles. The Labute approximate surface area is 153 Å². The first-order valence-electron chi connectivity index (χ1n) is 7.72. The summed E-state index contributed by atoms with van der Waals surface area (Å²) in [6, 6.07) is 13.7. The fraction of sp³-hybridized carbons (Fsp3) is 0.0526. The average molecular weight is 374 g/mol. The smallest absolute Gasteiger partial charge is 0.230 e. The summed E-state index contributed by atoms with van der Waals surface area (Å²) >= 11 is 5.74. The third-order valence-corrected chi connectivity index (χ3v) is 3.84. The number of anilines is 3. The normalized spacial score (nSPS) is 10.4. The second-order valence-electron chi connectivity index (χ2n) is 5.50. The van der Waals surface area contributed by atoms with E-state index in [-0.39, 0.29) is 17.4 Å². The van der Waals surface area contributed by atoms with Gasteiger partial charge in [0.1, 0.15) is 17.5 Å². The van der Waals surface area contributed by atoms with Crippen molar-refractivity contribution < 1.29 is 13.6 Å². The maximum atomic E-state index is 13.6. The number of hydrogen-bond acceptors (Lipinski definition) is 3. The Hall–Kier alpha value is -2.99. The van der Waals surface area contributed by atoms with E-state index >= 15 is 0 Å². The molecule has 132 valence electrons. The van der Waals surface area contributed by atoms with Gasteiger partial charge in [0.2, 0.25) is 5.91 Å². The van der Waals surface area contributed by atoms with Crippen LogP contribution in [0.25, 0.3) is 0 Å². The fourth-order valence-corrected chi connectivity index (χ4v) is 2.46. The Morgan fingerprint density at radius 2 is 1.77 bits per heavy atom. The summed E-state index contributed by atoms with van der Waals surface area (Å²) in [7, 11) is 0. The van der Waals surface area contributed by atoms with Crippen molar-refractivity contribution in [1.82, 2.24) is 4.98 Å². The van der Waals surface area contributed by atoms with E-state index in [0.717, 1.165) is 0 Å². The monoisotopic (exact) mass is 373 g/mol. The zero-order valence-electron chi connectivity index (χ0n) is 13.5. The molecule has 0 aliphatic rings. The van der Waals surface area contributed by atoms with Crippen molar-refractivity contribution in [2.75, 3.05) is 10.6 Å². The van der Waals surface area contributed by atoms with E-state index in [1.54, 1.807) is 36.4 Å². The number of benzene rings is 2. The van der Waals surface area contributed by atoms with E-state index < -0.39 is 11.6 Å². The first kappa shape index (κ1) is 17.8. The molecule has 0 bridgehead atoms. The highest BCUT2D eigenvalue weighted by Crippen LogP contribution is 2.23. The molecule has 0 saturated carbocycles. The molecule has 0 unspecified atom stereocenters. The van der Waals surface area contributed by atoms with Crippen molar-refractivity contribution in [2.24, 2.45) is 0 Å². The van der Waals surface area contributed by atoms with Gasteiger partial charge in [-0.15, -0.1) is 0 Å². The lowest BCUT2D eigenvalue weighted by atomic mass is 10.1. The van der Waals surface area contributed by atoms with Gasteiger partial charge in [-0.05, 0) is 42.0 Å². The Morgan fingerprint density at radius 1 is 1.00 bits per heavy atom. The number of nitrogens with one attached hydrogen (secondary N) is 2. The van der Waals surface area contributed by atoms with Crippen LogP contribution < -0.4 is 10.6 Å². The van der Waals surface area contributed by atoms with Crippen molar-refractivity contribution in [3.05, 3.63) is 83.0 Å². The summed E-state index contributed by atoms with van der Waals surface area (Å²) in [4.78, 5) is 16.1. The number of pyridine rings is 1. The van der Waals surface area contributed by atoms with E-state index in [1.807, 2.05) is 0 Å². The Balaban J connectivity index is 1.61. The number of amides is 1. The largest absolute Gasteiger partial charge is 0.354 e. The van der Waals surface area contributed by atoms with Gasteiger partial charge in [0, 0.05) is 5.69 Å². The van der Waals surface area contributed by atoms with E-state index in [9.17, 15) is 13.6 Å². The molecule has 1 aromatic heterocycles. The Morgan fingerprint density at radius 3 is 2.46 bits per heavy atom. The van der Waals surface area contributed by atoms with Gasteiger partial charge in [-0.1, -0.05) is 29.8 Å². The molecule has 0 fully saturated rings. The first-order chi connectivity index (χ1) is 12.5. The summed E-state index contributed by atoms with van der Waals surface area (Å²) in [6.07, 6.45) is 1.43. The van der Waals surface area contributed by atoms with Crippen LogP contribution in [0.15, 0.2) is 60.8 Å². The van der Waals surface area contributed by atoms with Crippen molar-refractivity contribution >= 4 is 34.7 Å². The minimum absolute atomic E-state index is 0.0139. The van der Waals surface area contributed by atoms with Gasteiger partial charge < -0.3 is 10.6 Å². The molecule has 0 spiro atoms. The molecule has 0 aliphatic carbocycles. The predicted octanol–water partition coefficient (Wildman–Crippen LogP) is 4.94. The number of carbonyl (C=O) groups is 1. The van der Waals surface area contributed by atoms with Crippen molar-refractivity contribution in [3.8, 4) is 0 Å². The number of hydrogen-bond donors (Lipinski definition) is 2. The summed E-state index contributed by atoms with van der Waals surface area (Å²) < 4.78 is 26.7. The van der Waals surface area contributed by atoms with Gasteiger partial charge in [0.25, 0.3) is 0 Å². The summed E-state index contributed by atoms with van der Waals surface area (Å²) in [5.41, 5.74) is 1.56. The standard InChI is InChI=1S/C19H14ClF2N3O/c20-15-10-13(5-7-17(15)22)24-14-6-8-18(23-11-14)25-19(26)9-12-3-1-2-4-16(12)21/h1-8,10-11,24H,9H2,(H,23,25,26). The second-order valence-corrected chi connectivity index (χ2v) is 5.91. The van der Waals surface area contributed by atoms with E-state index in [0.29, 0.717) is 22.8 Å². The Kier molecular flexibility index (Phi) is 5.43. The molecule has 3 rings (SSSR count). The van der Waals surface area contributed by atoms with Gasteiger partial charge >= 0.3 is 0 Å². The van der Waals surface area contributed by atoms with E-state index in [4.69, 9.17) is 11.6 Å². The highest BCUT2D eigenvalue weighted by molar-refractivity contribution is 6.31. The molecule has 1 heterocycles. The molecule has 7 heteroatoms. The fourth-order valence-electron chi connectivity index (χ4n) is 2.28. The summed E-state index contributed by atoms with van der Waals surface area (Å²) in [5.74, 6) is -0.945. The predicted molar refractivity (Wildman–Crippen MR) is 97.7 cm³/mol. The molecule has 1 amide bonds. The molecule has 0 radical (unpaired) electrons. The quantitative estimate of drug-likeness (QED) is 0.666. The third-order valence-electron chi connectivity index (χ3n) is 3.55. The first-order valence-corrected chi connectivity index (χ1v) is 8.10. The van der Waals surface area contributed by atoms with Crippen LogP contribution in [0.4, 0.5) is 26.0 Å². The lowest BCUT2D eigenvalue weighted by molar-refractivity contribution is -0.115. The molecular formula is C19H14ClF2N3O. The molecule has 26 heavy (non-hydrogen) atoms. The van der Waals surface area contributed by atoms with Gasteiger partial charge in [-0.2, -0.15) is 0 Å². The number of rotatable bonds is 5. The van der Waals surface area contributed by atoms with Crippen molar-refractivity contribution in [2.45, 2.75) is 6.42 Å². The number of aromatic nitrogens is 1. The van der Waals surface area contributed by atoms with Crippen LogP contribution in [-0.2, 0) is 11.2 Å². The van der Waals surface area contributed by atoms with Crippen molar-refractivity contribution in [1.29, 1.82) is 0 Å². The van der Waals surface area contributed by atoms with Crippen LogP contribution in [-0.4, -0.2) is 10.9 Å². The number of nitrogens with zero attached hydrogens (tertiary/aromatic N) is 1. The zero-order chi connectivity index (χ0) is 18.5. The minimum Gasteiger partial charge on any atom is -0.354 e. The molecule has 2 aromatic carbocycles. The third kappa shape index (κ3) is 4.55. The Bertz CT molecular complexity index is 932. The van der Waals surface area contributed by atoms with Crippen LogP contribution in [0.2, 0.25) is 5.02 Å². The molecule has 3 aromatic rings. The molecular weight excluding hydrogens is 360 g/mol. The number of halogens is 3. The minimum atomic E-state index is -0.497. The van der Waals surface area contributed by atoms with Gasteiger partial charge in [-0.25, -0.2) is 13.8 Å². The molecule has 0 saturated heterocycles. The van der Waals surface area contributed by atoms with Crippen LogP contribution in [0.3, 0.4) is 0 Å². The average Bonchev–Trinajstić information content (AvgIpc) is 2.62. The topological polar surface area (TPSA) is 54.0 Å². The maximum Gasteiger partial charge on any atom is 0.230 e. The van der Waals surface area contributed by atoms with Gasteiger partial charge in [0.15, 0.2) is 0 Å². The SMILES string of the molecule is O=C(Cc1ccccc1F)Nc1ccc(Nc2ccc(F)c(Cl)c2)cn1. The zero-order valence-corrected chi connectivity index (χ0v) is 14.2. The maximum absolute atomic E-state index is 13.6.